The number of carbonyl (C=O) groups excluding carboxylic acids is 2. The monoisotopic (exact) mass is 555 g/mol. The van der Waals surface area contributed by atoms with Gasteiger partial charge in [0.25, 0.3) is 5.91 Å². The van der Waals surface area contributed by atoms with E-state index in [2.05, 4.69) is 10.2 Å². The Morgan fingerprint density at radius 2 is 1.50 bits per heavy atom. The smallest absolute Gasteiger partial charge is 0.344 e. The van der Waals surface area contributed by atoms with Crippen molar-refractivity contribution in [3.05, 3.63) is 137 Å². The van der Waals surface area contributed by atoms with Crippen LogP contribution in [0.25, 0.3) is 28.2 Å². The topological polar surface area (TPSA) is 82.9 Å². The maximum absolute atomic E-state index is 13.1. The molecule has 6 rings (SSSR count). The Morgan fingerprint density at radius 3 is 2.29 bits per heavy atom. The van der Waals surface area contributed by atoms with Crippen molar-refractivity contribution in [1.82, 2.24) is 4.90 Å². The van der Waals surface area contributed by atoms with Crippen LogP contribution in [0.3, 0.4) is 0 Å². The minimum atomic E-state index is -0.448. The molecule has 1 aliphatic rings. The lowest BCUT2D eigenvalue weighted by Crippen LogP contribution is -2.48. The van der Waals surface area contributed by atoms with Crippen LogP contribution >= 0.6 is 0 Å². The van der Waals surface area contributed by atoms with Gasteiger partial charge >= 0.3 is 5.63 Å². The van der Waals surface area contributed by atoms with Crippen LogP contribution in [0.5, 0.6) is 0 Å². The normalized spacial score (nSPS) is 13.4. The Kier molecular flexibility index (Phi) is 7.64. The van der Waals surface area contributed by atoms with Crippen molar-refractivity contribution in [3.63, 3.8) is 0 Å². The standard InChI is InChI=1S/C35H29N3O4/c39-33(18-13-25-7-2-1-3-8-25)38-21-19-37(20-22-38)30-16-14-29(15-17-30)36-34(40)28-11-6-10-26(23-28)31-24-27-9-4-5-12-32(27)42-35(31)41/h1-18,23-24H,19-22H2,(H,36,40)/b18-13+. The van der Waals surface area contributed by atoms with Gasteiger partial charge in [0.1, 0.15) is 5.58 Å². The van der Waals surface area contributed by atoms with Crippen LogP contribution in [0, 0.1) is 0 Å². The van der Waals surface area contributed by atoms with E-state index in [0.717, 1.165) is 29.7 Å². The fourth-order valence-electron chi connectivity index (χ4n) is 5.07. The number of amides is 2. The van der Waals surface area contributed by atoms with Gasteiger partial charge in [0.15, 0.2) is 0 Å². The van der Waals surface area contributed by atoms with Gasteiger partial charge in [0, 0.05) is 54.6 Å². The largest absolute Gasteiger partial charge is 0.422 e. The molecule has 2 heterocycles. The maximum atomic E-state index is 13.1. The number of anilines is 2. The van der Waals surface area contributed by atoms with E-state index in [9.17, 15) is 14.4 Å². The third kappa shape index (κ3) is 6.00. The van der Waals surface area contributed by atoms with E-state index in [1.807, 2.05) is 83.8 Å². The quantitative estimate of drug-likeness (QED) is 0.203. The Labute approximate surface area is 243 Å². The van der Waals surface area contributed by atoms with E-state index in [4.69, 9.17) is 4.42 Å². The van der Waals surface area contributed by atoms with Gasteiger partial charge in [-0.05, 0) is 65.7 Å². The summed E-state index contributed by atoms with van der Waals surface area (Å²) in [5.74, 6) is -0.257. The number of hydrogen-bond acceptors (Lipinski definition) is 5. The molecule has 0 unspecified atom stereocenters. The number of para-hydroxylation sites is 1. The average Bonchev–Trinajstić information content (AvgIpc) is 3.04. The van der Waals surface area contributed by atoms with Crippen molar-refractivity contribution in [2.24, 2.45) is 0 Å². The molecule has 1 N–H and O–H groups in total. The van der Waals surface area contributed by atoms with E-state index < -0.39 is 5.63 Å². The molecule has 0 saturated carbocycles. The van der Waals surface area contributed by atoms with Crippen LogP contribution in [0.2, 0.25) is 0 Å². The van der Waals surface area contributed by atoms with Gasteiger partial charge in [0.05, 0.1) is 5.56 Å². The second kappa shape index (κ2) is 12.0. The van der Waals surface area contributed by atoms with Gasteiger partial charge in [-0.2, -0.15) is 0 Å². The zero-order valence-electron chi connectivity index (χ0n) is 22.9. The highest BCUT2D eigenvalue weighted by atomic mass is 16.4. The number of rotatable bonds is 6. The first-order chi connectivity index (χ1) is 20.5. The molecule has 5 aromatic rings. The Balaban J connectivity index is 1.07. The van der Waals surface area contributed by atoms with Gasteiger partial charge in [0.2, 0.25) is 5.91 Å². The fraction of sp³-hybridized carbons (Fsp3) is 0.114. The van der Waals surface area contributed by atoms with Crippen LogP contribution in [0.4, 0.5) is 11.4 Å². The van der Waals surface area contributed by atoms with E-state index in [0.29, 0.717) is 41.1 Å². The first-order valence-corrected chi connectivity index (χ1v) is 13.9. The number of fused-ring (bicyclic) bond motifs is 1. The van der Waals surface area contributed by atoms with E-state index in [1.54, 1.807) is 42.5 Å². The minimum Gasteiger partial charge on any atom is -0.422 e. The van der Waals surface area contributed by atoms with Gasteiger partial charge in [-0.3, -0.25) is 9.59 Å². The summed E-state index contributed by atoms with van der Waals surface area (Å²) in [6.07, 6.45) is 3.48. The summed E-state index contributed by atoms with van der Waals surface area (Å²) in [6.45, 7) is 2.74. The van der Waals surface area contributed by atoms with E-state index in [1.165, 1.54) is 0 Å². The minimum absolute atomic E-state index is 0.0159. The van der Waals surface area contributed by atoms with Crippen molar-refractivity contribution in [2.75, 3.05) is 36.4 Å². The Hall–Kier alpha value is -5.43. The van der Waals surface area contributed by atoms with Crippen molar-refractivity contribution in [1.29, 1.82) is 0 Å². The lowest BCUT2D eigenvalue weighted by atomic mass is 10.0. The highest BCUT2D eigenvalue weighted by Gasteiger charge is 2.20. The van der Waals surface area contributed by atoms with Crippen molar-refractivity contribution < 1.29 is 14.0 Å². The maximum Gasteiger partial charge on any atom is 0.344 e. The fourth-order valence-corrected chi connectivity index (χ4v) is 5.07. The summed E-state index contributed by atoms with van der Waals surface area (Å²) >= 11 is 0. The molecule has 42 heavy (non-hydrogen) atoms. The van der Waals surface area contributed by atoms with Gasteiger partial charge in [-0.1, -0.05) is 60.7 Å². The van der Waals surface area contributed by atoms with Crippen LogP contribution < -0.4 is 15.8 Å². The molecule has 4 aromatic carbocycles. The number of nitrogens with zero attached hydrogens (tertiary/aromatic N) is 2. The molecular weight excluding hydrogens is 526 g/mol. The summed E-state index contributed by atoms with van der Waals surface area (Å²) < 4.78 is 5.47. The van der Waals surface area contributed by atoms with E-state index in [-0.39, 0.29) is 11.8 Å². The summed E-state index contributed by atoms with van der Waals surface area (Å²) in [4.78, 5) is 42.4. The summed E-state index contributed by atoms with van der Waals surface area (Å²) in [6, 6.07) is 33.5. The first-order valence-electron chi connectivity index (χ1n) is 13.9. The number of nitrogens with one attached hydrogen (secondary N) is 1. The molecule has 0 spiro atoms. The molecule has 7 nitrogen and oxygen atoms in total. The van der Waals surface area contributed by atoms with Crippen molar-refractivity contribution >= 4 is 40.2 Å². The molecular formula is C35H29N3O4. The highest BCUT2D eigenvalue weighted by molar-refractivity contribution is 6.05. The third-order valence-corrected chi connectivity index (χ3v) is 7.38. The molecule has 2 amide bonds. The molecule has 0 aliphatic carbocycles. The number of benzene rings is 4. The molecule has 0 bridgehead atoms. The second-order valence-electron chi connectivity index (χ2n) is 10.1. The lowest BCUT2D eigenvalue weighted by Gasteiger charge is -2.35. The zero-order valence-corrected chi connectivity index (χ0v) is 22.9. The predicted molar refractivity (Wildman–Crippen MR) is 167 cm³/mol. The zero-order chi connectivity index (χ0) is 28.9. The summed E-state index contributed by atoms with van der Waals surface area (Å²) in [7, 11) is 0. The number of piperazine rings is 1. The van der Waals surface area contributed by atoms with E-state index >= 15 is 0 Å². The molecule has 1 saturated heterocycles. The average molecular weight is 556 g/mol. The SMILES string of the molecule is O=C(Nc1ccc(N2CCN(C(=O)/C=C/c3ccccc3)CC2)cc1)c1cccc(-c2cc3ccccc3oc2=O)c1. The Morgan fingerprint density at radius 1 is 0.762 bits per heavy atom. The molecule has 1 fully saturated rings. The van der Waals surface area contributed by atoms with Crippen molar-refractivity contribution in [3.8, 4) is 11.1 Å². The van der Waals surface area contributed by atoms with Gasteiger partial charge < -0.3 is 19.5 Å². The number of hydrogen-bond donors (Lipinski definition) is 1. The molecule has 1 aromatic heterocycles. The molecule has 0 radical (unpaired) electrons. The second-order valence-corrected chi connectivity index (χ2v) is 10.1. The first kappa shape index (κ1) is 26.8. The number of carbonyl (C=O) groups is 2. The van der Waals surface area contributed by atoms with Crippen molar-refractivity contribution in [2.45, 2.75) is 0 Å². The predicted octanol–water partition coefficient (Wildman–Crippen LogP) is 6.07. The lowest BCUT2D eigenvalue weighted by molar-refractivity contribution is -0.126. The van der Waals surface area contributed by atoms with Crippen LogP contribution in [0.1, 0.15) is 15.9 Å². The summed E-state index contributed by atoms with van der Waals surface area (Å²) in [5.41, 5.74) is 4.23. The molecule has 1 aliphatic heterocycles. The molecule has 0 atom stereocenters. The van der Waals surface area contributed by atoms with Gasteiger partial charge in [-0.15, -0.1) is 0 Å². The van der Waals surface area contributed by atoms with Crippen LogP contribution in [0.15, 0.2) is 124 Å². The molecule has 208 valence electrons. The van der Waals surface area contributed by atoms with Gasteiger partial charge in [-0.25, -0.2) is 4.79 Å². The highest BCUT2D eigenvalue weighted by Crippen LogP contribution is 2.24. The summed E-state index contributed by atoms with van der Waals surface area (Å²) in [5, 5.41) is 3.76. The van der Waals surface area contributed by atoms with Crippen LogP contribution in [-0.4, -0.2) is 42.9 Å². The molecule has 7 heteroatoms. The third-order valence-electron chi connectivity index (χ3n) is 7.38. The van der Waals surface area contributed by atoms with Crippen LogP contribution in [-0.2, 0) is 4.79 Å². The Bertz CT molecular complexity index is 1820.